The van der Waals surface area contributed by atoms with E-state index in [1.54, 1.807) is 18.3 Å². The predicted molar refractivity (Wildman–Crippen MR) is 126 cm³/mol. The summed E-state index contributed by atoms with van der Waals surface area (Å²) in [6.07, 6.45) is 1.56. The lowest BCUT2D eigenvalue weighted by Crippen LogP contribution is -2.26. The van der Waals surface area contributed by atoms with Gasteiger partial charge in [0, 0.05) is 36.1 Å². The Balaban J connectivity index is 1.52. The van der Waals surface area contributed by atoms with Gasteiger partial charge in [0.15, 0.2) is 5.69 Å². The Morgan fingerprint density at radius 1 is 1.34 bits per heavy atom. The summed E-state index contributed by atoms with van der Waals surface area (Å²) in [6, 6.07) is 8.06. The fourth-order valence-electron chi connectivity index (χ4n) is 4.25. The zero-order chi connectivity index (χ0) is 25.2. The third kappa shape index (κ3) is 5.45. The number of benzene rings is 1. The minimum absolute atomic E-state index is 0.0614. The van der Waals surface area contributed by atoms with Crippen molar-refractivity contribution >= 4 is 22.5 Å². The number of anilines is 1. The van der Waals surface area contributed by atoms with Crippen molar-refractivity contribution in [3.63, 3.8) is 0 Å². The van der Waals surface area contributed by atoms with Crippen LogP contribution < -0.4 is 10.6 Å². The fraction of sp³-hybridized carbons (Fsp3) is 0.360. The zero-order valence-corrected chi connectivity index (χ0v) is 19.4. The molecule has 1 aliphatic carbocycles. The van der Waals surface area contributed by atoms with Crippen LogP contribution in [0.4, 0.5) is 18.9 Å². The van der Waals surface area contributed by atoms with Crippen molar-refractivity contribution in [1.29, 1.82) is 5.26 Å². The summed E-state index contributed by atoms with van der Waals surface area (Å²) in [7, 11) is 0. The smallest absolute Gasteiger partial charge is 0.381 e. The Morgan fingerprint density at radius 3 is 2.86 bits per heavy atom. The quantitative estimate of drug-likeness (QED) is 0.513. The van der Waals surface area contributed by atoms with Gasteiger partial charge in [-0.2, -0.15) is 23.5 Å². The highest BCUT2D eigenvalue weighted by molar-refractivity contribution is 5.96. The number of aryl methyl sites for hydroxylation is 2. The number of fused-ring (bicyclic) bond motifs is 1. The number of pyridine rings is 1. The number of nitrogens with zero attached hydrogens (tertiary/aromatic N) is 4. The Kier molecular flexibility index (Phi) is 6.78. The fourth-order valence-corrected chi connectivity index (χ4v) is 4.25. The van der Waals surface area contributed by atoms with Gasteiger partial charge < -0.3 is 10.6 Å². The molecule has 0 saturated heterocycles. The number of hydrogen-bond donors (Lipinski definition) is 2. The summed E-state index contributed by atoms with van der Waals surface area (Å²) in [4.78, 5) is 16.4. The van der Waals surface area contributed by atoms with Crippen LogP contribution in [-0.2, 0) is 12.7 Å². The predicted octanol–water partition coefficient (Wildman–Crippen LogP) is 5.32. The Bertz CT molecular complexity index is 1340. The first-order chi connectivity index (χ1) is 16.7. The standard InChI is InChI=1S/C25H25F3N6O/c1-3-34-14-19(22(12-29)33-34)24(35)30-13-16-5-4-6-17(10-16)31-21-11-23(25(26,27)28)32-20-8-7-15(2)9-18(20)21/h7-9,11,13-14,17H,3-6,10H2,1-2H3,(H,30,35)(H,31,32)/b16-13-/t17-/m0/s1. The largest absolute Gasteiger partial charge is 0.433 e. The van der Waals surface area contributed by atoms with Gasteiger partial charge in [0.05, 0.1) is 11.1 Å². The molecule has 35 heavy (non-hydrogen) atoms. The van der Waals surface area contributed by atoms with E-state index >= 15 is 0 Å². The van der Waals surface area contributed by atoms with Crippen molar-refractivity contribution in [2.24, 2.45) is 0 Å². The number of nitriles is 1. The number of alkyl halides is 3. The van der Waals surface area contributed by atoms with Crippen LogP contribution in [0.3, 0.4) is 0 Å². The van der Waals surface area contributed by atoms with Gasteiger partial charge in [-0.05, 0) is 57.7 Å². The number of carbonyl (C=O) groups is 1. The van der Waals surface area contributed by atoms with Crippen LogP contribution in [0.5, 0.6) is 0 Å². The van der Waals surface area contributed by atoms with Crippen LogP contribution in [0, 0.1) is 18.3 Å². The summed E-state index contributed by atoms with van der Waals surface area (Å²) in [6.45, 7) is 4.28. The summed E-state index contributed by atoms with van der Waals surface area (Å²) >= 11 is 0. The topological polar surface area (TPSA) is 95.6 Å². The van der Waals surface area contributed by atoms with E-state index in [1.165, 1.54) is 10.9 Å². The summed E-state index contributed by atoms with van der Waals surface area (Å²) in [5.41, 5.74) is 1.91. The Morgan fingerprint density at radius 2 is 2.14 bits per heavy atom. The molecule has 2 aromatic heterocycles. The van der Waals surface area contributed by atoms with Crippen molar-refractivity contribution in [3.8, 4) is 6.07 Å². The number of aromatic nitrogens is 3. The number of carbonyl (C=O) groups excluding carboxylic acids is 1. The van der Waals surface area contributed by atoms with Crippen molar-refractivity contribution in [3.05, 3.63) is 64.8 Å². The van der Waals surface area contributed by atoms with Crippen molar-refractivity contribution in [2.75, 3.05) is 5.32 Å². The zero-order valence-electron chi connectivity index (χ0n) is 19.4. The Labute approximate surface area is 200 Å². The third-order valence-electron chi connectivity index (χ3n) is 6.02. The van der Waals surface area contributed by atoms with Gasteiger partial charge in [-0.1, -0.05) is 17.2 Å². The van der Waals surface area contributed by atoms with Crippen LogP contribution in [0.15, 0.2) is 42.2 Å². The van der Waals surface area contributed by atoms with E-state index in [0.29, 0.717) is 24.0 Å². The molecule has 1 saturated carbocycles. The average Bonchev–Trinajstić information content (AvgIpc) is 3.26. The van der Waals surface area contributed by atoms with E-state index in [1.807, 2.05) is 26.0 Å². The highest BCUT2D eigenvalue weighted by atomic mass is 19.4. The molecule has 3 aromatic rings. The molecule has 10 heteroatoms. The average molecular weight is 483 g/mol. The van der Waals surface area contributed by atoms with Gasteiger partial charge >= 0.3 is 6.18 Å². The molecule has 4 rings (SSSR count). The molecule has 0 bridgehead atoms. The second-order valence-electron chi connectivity index (χ2n) is 8.65. The maximum absolute atomic E-state index is 13.4. The SMILES string of the molecule is CCn1cc(C(=O)N/C=C2/CCC[C@H](Nc3cc(C(F)(F)F)nc4ccc(C)cc34)C2)c(C#N)n1. The molecule has 0 spiro atoms. The van der Waals surface area contributed by atoms with Crippen LogP contribution in [0.1, 0.15) is 59.9 Å². The maximum Gasteiger partial charge on any atom is 0.433 e. The maximum atomic E-state index is 13.4. The molecular formula is C25H25F3N6O. The molecule has 1 amide bonds. The first-order valence-electron chi connectivity index (χ1n) is 11.4. The lowest BCUT2D eigenvalue weighted by atomic mass is 9.90. The lowest BCUT2D eigenvalue weighted by Gasteiger charge is -2.27. The third-order valence-corrected chi connectivity index (χ3v) is 6.02. The molecule has 0 aliphatic heterocycles. The summed E-state index contributed by atoms with van der Waals surface area (Å²) < 4.78 is 41.9. The number of rotatable bonds is 5. The molecule has 1 aliphatic rings. The van der Waals surface area contributed by atoms with Gasteiger partial charge in [0.2, 0.25) is 0 Å². The van der Waals surface area contributed by atoms with Crippen LogP contribution >= 0.6 is 0 Å². The van der Waals surface area contributed by atoms with Gasteiger partial charge in [0.25, 0.3) is 5.91 Å². The van der Waals surface area contributed by atoms with Gasteiger partial charge in [-0.15, -0.1) is 0 Å². The van der Waals surface area contributed by atoms with E-state index in [9.17, 15) is 23.2 Å². The molecule has 7 nitrogen and oxygen atoms in total. The van der Waals surface area contributed by atoms with Crippen LogP contribution in [0.25, 0.3) is 10.9 Å². The van der Waals surface area contributed by atoms with E-state index in [4.69, 9.17) is 0 Å². The Hall–Kier alpha value is -3.87. The van der Waals surface area contributed by atoms with E-state index in [0.717, 1.165) is 36.5 Å². The second kappa shape index (κ2) is 9.78. The second-order valence-corrected chi connectivity index (χ2v) is 8.65. The highest BCUT2D eigenvalue weighted by Gasteiger charge is 2.33. The highest BCUT2D eigenvalue weighted by Crippen LogP contribution is 2.35. The van der Waals surface area contributed by atoms with Crippen LogP contribution in [0.2, 0.25) is 0 Å². The van der Waals surface area contributed by atoms with Crippen molar-refractivity contribution in [1.82, 2.24) is 20.1 Å². The normalized spacial score (nSPS) is 17.4. The molecule has 1 fully saturated rings. The number of hydrogen-bond acceptors (Lipinski definition) is 5. The summed E-state index contributed by atoms with van der Waals surface area (Å²) in [5.74, 6) is -0.422. The first kappa shape index (κ1) is 24.3. The summed E-state index contributed by atoms with van der Waals surface area (Å²) in [5, 5.41) is 20.0. The van der Waals surface area contributed by atoms with Gasteiger partial charge in [0.1, 0.15) is 11.8 Å². The molecule has 182 valence electrons. The first-order valence-corrected chi connectivity index (χ1v) is 11.4. The molecule has 0 unspecified atom stereocenters. The number of amides is 1. The number of nitrogens with one attached hydrogen (secondary N) is 2. The monoisotopic (exact) mass is 482 g/mol. The van der Waals surface area contributed by atoms with E-state index < -0.39 is 17.8 Å². The van der Waals surface area contributed by atoms with E-state index in [2.05, 4.69) is 20.7 Å². The van der Waals surface area contributed by atoms with Gasteiger partial charge in [-0.25, -0.2) is 4.98 Å². The number of halogens is 3. The minimum atomic E-state index is -4.55. The van der Waals surface area contributed by atoms with Crippen LogP contribution in [-0.4, -0.2) is 26.7 Å². The van der Waals surface area contributed by atoms with Crippen molar-refractivity contribution < 1.29 is 18.0 Å². The molecule has 2 N–H and O–H groups in total. The lowest BCUT2D eigenvalue weighted by molar-refractivity contribution is -0.140. The molecular weight excluding hydrogens is 457 g/mol. The molecule has 2 heterocycles. The molecule has 1 aromatic carbocycles. The molecule has 0 radical (unpaired) electrons. The van der Waals surface area contributed by atoms with E-state index in [-0.39, 0.29) is 22.8 Å². The molecule has 1 atom stereocenters. The minimum Gasteiger partial charge on any atom is -0.381 e. The van der Waals surface area contributed by atoms with Gasteiger partial charge in [-0.3, -0.25) is 9.48 Å². The van der Waals surface area contributed by atoms with Crippen molar-refractivity contribution in [2.45, 2.75) is 58.3 Å².